The van der Waals surface area contributed by atoms with Crippen LogP contribution in [0.15, 0.2) is 89.8 Å². The standard InChI is InChI=1S/C26H30N2O4S2/c1-2-32-24-14-16-25(17-15-24)34(30,31)28(23-12-7-4-8-13-23)20-26(29)27-18-9-19-33-21-22-10-5-3-6-11-22/h3-8,10-17H,2,9,18-21H2,1H3,(H,27,29). The summed E-state index contributed by atoms with van der Waals surface area (Å²) in [7, 11) is -3.94. The highest BCUT2D eigenvalue weighted by Crippen LogP contribution is 2.25. The van der Waals surface area contributed by atoms with Crippen LogP contribution >= 0.6 is 11.8 Å². The first kappa shape index (κ1) is 25.6. The predicted octanol–water partition coefficient (Wildman–Crippen LogP) is 4.72. The second kappa shape index (κ2) is 13.1. The number of nitrogens with zero attached hydrogens (tertiary/aromatic N) is 1. The number of hydrogen-bond acceptors (Lipinski definition) is 5. The van der Waals surface area contributed by atoms with Crippen LogP contribution in [0.2, 0.25) is 0 Å². The molecule has 3 aromatic rings. The number of nitrogens with one attached hydrogen (secondary N) is 1. The summed E-state index contributed by atoms with van der Waals surface area (Å²) >= 11 is 1.81. The average Bonchev–Trinajstić information content (AvgIpc) is 2.86. The molecule has 0 aromatic heterocycles. The second-order valence-corrected chi connectivity index (χ2v) is 10.5. The Bertz CT molecular complexity index is 1120. The molecule has 0 saturated heterocycles. The third-order valence-electron chi connectivity index (χ3n) is 4.95. The van der Waals surface area contributed by atoms with Gasteiger partial charge in [0.25, 0.3) is 10.0 Å². The van der Waals surface area contributed by atoms with Crippen LogP contribution in [0.3, 0.4) is 0 Å². The summed E-state index contributed by atoms with van der Waals surface area (Å²) in [6.07, 6.45) is 0.806. The van der Waals surface area contributed by atoms with E-state index in [0.29, 0.717) is 24.6 Å². The van der Waals surface area contributed by atoms with Crippen molar-refractivity contribution < 1.29 is 17.9 Å². The van der Waals surface area contributed by atoms with Gasteiger partial charge in [-0.1, -0.05) is 48.5 Å². The molecule has 0 heterocycles. The van der Waals surface area contributed by atoms with Gasteiger partial charge in [0.05, 0.1) is 17.2 Å². The van der Waals surface area contributed by atoms with Crippen LogP contribution < -0.4 is 14.4 Å². The average molecular weight is 499 g/mol. The Morgan fingerprint density at radius 3 is 2.24 bits per heavy atom. The normalized spacial score (nSPS) is 11.1. The fourth-order valence-electron chi connectivity index (χ4n) is 3.26. The number of benzene rings is 3. The van der Waals surface area contributed by atoms with E-state index < -0.39 is 10.0 Å². The summed E-state index contributed by atoms with van der Waals surface area (Å²) < 4.78 is 33.3. The molecule has 0 fully saturated rings. The van der Waals surface area contributed by atoms with E-state index in [1.807, 2.05) is 36.9 Å². The number of sulfonamides is 1. The lowest BCUT2D eigenvalue weighted by Crippen LogP contribution is -2.41. The molecule has 180 valence electrons. The highest BCUT2D eigenvalue weighted by Gasteiger charge is 2.27. The summed E-state index contributed by atoms with van der Waals surface area (Å²) in [5, 5.41) is 2.85. The first-order chi connectivity index (χ1) is 16.5. The van der Waals surface area contributed by atoms with Crippen LogP contribution in [0.4, 0.5) is 5.69 Å². The number of hydrogen-bond donors (Lipinski definition) is 1. The molecule has 0 spiro atoms. The zero-order chi connectivity index (χ0) is 24.2. The topological polar surface area (TPSA) is 75.7 Å². The van der Waals surface area contributed by atoms with Gasteiger partial charge in [-0.05, 0) is 61.1 Å². The molecule has 1 N–H and O–H groups in total. The molecule has 3 aromatic carbocycles. The molecular formula is C26H30N2O4S2. The first-order valence-electron chi connectivity index (χ1n) is 11.2. The molecule has 0 saturated carbocycles. The predicted molar refractivity (Wildman–Crippen MR) is 139 cm³/mol. The van der Waals surface area contributed by atoms with Gasteiger partial charge in [-0.15, -0.1) is 0 Å². The van der Waals surface area contributed by atoms with Crippen molar-refractivity contribution in [2.75, 3.05) is 29.8 Å². The van der Waals surface area contributed by atoms with Crippen LogP contribution in [-0.2, 0) is 20.6 Å². The van der Waals surface area contributed by atoms with E-state index in [1.165, 1.54) is 17.7 Å². The van der Waals surface area contributed by atoms with Crippen LogP contribution in [0.1, 0.15) is 18.9 Å². The fraction of sp³-hybridized carbons (Fsp3) is 0.269. The number of anilines is 1. The minimum absolute atomic E-state index is 0.102. The molecule has 34 heavy (non-hydrogen) atoms. The highest BCUT2D eigenvalue weighted by molar-refractivity contribution is 7.98. The molecule has 0 aliphatic heterocycles. The van der Waals surface area contributed by atoms with Gasteiger partial charge < -0.3 is 10.1 Å². The van der Waals surface area contributed by atoms with Gasteiger partial charge in [-0.3, -0.25) is 9.10 Å². The van der Waals surface area contributed by atoms with Gasteiger partial charge in [0, 0.05) is 12.3 Å². The maximum Gasteiger partial charge on any atom is 0.264 e. The van der Waals surface area contributed by atoms with E-state index in [2.05, 4.69) is 17.4 Å². The Morgan fingerprint density at radius 1 is 0.941 bits per heavy atom. The molecule has 0 unspecified atom stereocenters. The number of carbonyl (C=O) groups is 1. The minimum atomic E-state index is -3.94. The Hall–Kier alpha value is -2.97. The zero-order valence-electron chi connectivity index (χ0n) is 19.2. The van der Waals surface area contributed by atoms with Crippen molar-refractivity contribution in [1.82, 2.24) is 5.32 Å². The second-order valence-electron chi connectivity index (χ2n) is 7.49. The van der Waals surface area contributed by atoms with Crippen molar-refractivity contribution in [3.63, 3.8) is 0 Å². The van der Waals surface area contributed by atoms with Crippen molar-refractivity contribution in [3.8, 4) is 5.75 Å². The lowest BCUT2D eigenvalue weighted by molar-refractivity contribution is -0.119. The van der Waals surface area contributed by atoms with Crippen LogP contribution in [0, 0.1) is 0 Å². The third kappa shape index (κ3) is 7.53. The molecule has 3 rings (SSSR count). The Kier molecular flexibility index (Phi) is 9.85. The largest absolute Gasteiger partial charge is 0.494 e. The number of thioether (sulfide) groups is 1. The maximum atomic E-state index is 13.4. The number of rotatable bonds is 13. The summed E-state index contributed by atoms with van der Waals surface area (Å²) in [4.78, 5) is 12.8. The Morgan fingerprint density at radius 2 is 1.59 bits per heavy atom. The van der Waals surface area contributed by atoms with Gasteiger partial charge in [0.15, 0.2) is 0 Å². The van der Waals surface area contributed by atoms with Gasteiger partial charge in [0.2, 0.25) is 5.91 Å². The highest BCUT2D eigenvalue weighted by atomic mass is 32.2. The van der Waals surface area contributed by atoms with Crippen molar-refractivity contribution in [1.29, 1.82) is 0 Å². The first-order valence-corrected chi connectivity index (χ1v) is 13.8. The molecular weight excluding hydrogens is 468 g/mol. The van der Waals surface area contributed by atoms with E-state index in [9.17, 15) is 13.2 Å². The van der Waals surface area contributed by atoms with E-state index in [1.54, 1.807) is 42.5 Å². The van der Waals surface area contributed by atoms with Crippen LogP contribution in [0.5, 0.6) is 5.75 Å². The Labute approximate surface area is 206 Å². The lowest BCUT2D eigenvalue weighted by Gasteiger charge is -2.24. The van der Waals surface area contributed by atoms with Gasteiger partial charge in [0.1, 0.15) is 12.3 Å². The molecule has 0 aliphatic carbocycles. The van der Waals surface area contributed by atoms with E-state index in [0.717, 1.165) is 22.2 Å². The third-order valence-corrected chi connectivity index (χ3v) is 7.86. The molecule has 0 atom stereocenters. The minimum Gasteiger partial charge on any atom is -0.494 e. The number of para-hydroxylation sites is 1. The monoisotopic (exact) mass is 498 g/mol. The number of carbonyl (C=O) groups excluding carboxylic acids is 1. The lowest BCUT2D eigenvalue weighted by atomic mass is 10.2. The van der Waals surface area contributed by atoms with Crippen molar-refractivity contribution in [2.45, 2.75) is 24.0 Å². The molecule has 0 radical (unpaired) electrons. The summed E-state index contributed by atoms with van der Waals surface area (Å²) in [5.41, 5.74) is 1.71. The van der Waals surface area contributed by atoms with Gasteiger partial charge in [-0.25, -0.2) is 8.42 Å². The summed E-state index contributed by atoms with van der Waals surface area (Å²) in [5.74, 6) is 2.08. The van der Waals surface area contributed by atoms with E-state index in [-0.39, 0.29) is 17.3 Å². The summed E-state index contributed by atoms with van der Waals surface area (Å²) in [6, 6.07) is 25.1. The van der Waals surface area contributed by atoms with E-state index >= 15 is 0 Å². The molecule has 1 amide bonds. The van der Waals surface area contributed by atoms with E-state index in [4.69, 9.17) is 4.74 Å². The fourth-order valence-corrected chi connectivity index (χ4v) is 5.61. The number of ether oxygens (including phenoxy) is 1. The van der Waals surface area contributed by atoms with Crippen molar-refractivity contribution in [2.24, 2.45) is 0 Å². The van der Waals surface area contributed by atoms with Gasteiger partial charge in [-0.2, -0.15) is 11.8 Å². The maximum absolute atomic E-state index is 13.4. The zero-order valence-corrected chi connectivity index (χ0v) is 20.9. The number of amides is 1. The Balaban J connectivity index is 1.58. The molecule has 6 nitrogen and oxygen atoms in total. The quantitative estimate of drug-likeness (QED) is 0.345. The van der Waals surface area contributed by atoms with Crippen molar-refractivity contribution in [3.05, 3.63) is 90.5 Å². The summed E-state index contributed by atoms with van der Waals surface area (Å²) in [6.45, 7) is 2.55. The SMILES string of the molecule is CCOc1ccc(S(=O)(=O)N(CC(=O)NCCCSCc2ccccc2)c2ccccc2)cc1. The molecule has 8 heteroatoms. The van der Waals surface area contributed by atoms with Crippen molar-refractivity contribution >= 4 is 33.4 Å². The molecule has 0 bridgehead atoms. The smallest absolute Gasteiger partial charge is 0.264 e. The van der Waals surface area contributed by atoms with Crippen LogP contribution in [0.25, 0.3) is 0 Å². The van der Waals surface area contributed by atoms with Gasteiger partial charge >= 0.3 is 0 Å². The molecule has 0 aliphatic rings. The van der Waals surface area contributed by atoms with Crippen LogP contribution in [-0.4, -0.2) is 39.8 Å².